The zero-order chi connectivity index (χ0) is 20.2. The predicted molar refractivity (Wildman–Crippen MR) is 113 cm³/mol. The van der Waals surface area contributed by atoms with E-state index < -0.39 is 6.10 Å². The van der Waals surface area contributed by atoms with E-state index in [9.17, 15) is 9.59 Å². The largest absolute Gasteiger partial charge is 0.382 e. The third kappa shape index (κ3) is 4.41. The summed E-state index contributed by atoms with van der Waals surface area (Å²) in [7, 11) is 0. The molecule has 2 heterocycles. The van der Waals surface area contributed by atoms with Gasteiger partial charge in [-0.05, 0) is 60.7 Å². The van der Waals surface area contributed by atoms with Crippen LogP contribution in [0.3, 0.4) is 0 Å². The average molecular weight is 450 g/mol. The maximum absolute atomic E-state index is 12.5. The molecule has 0 bridgehead atoms. The number of carbonyl (C=O) groups excluding carboxylic acids is 2. The van der Waals surface area contributed by atoms with Crippen LogP contribution in [-0.2, 0) is 9.63 Å². The minimum Gasteiger partial charge on any atom is -0.382 e. The standard InChI is InChI=1S/C22H16BrN3O3/c23-17-7-3-14(4-8-17)21(27)15-5-9-18(10-6-15)25-22(28)20-12-19(26-29-20)16-2-1-11-24-13-16/h1-11,13,20H,12H2,(H,25,28). The van der Waals surface area contributed by atoms with Crippen LogP contribution < -0.4 is 5.32 Å². The van der Waals surface area contributed by atoms with Crippen molar-refractivity contribution in [3.63, 3.8) is 0 Å². The molecule has 1 atom stereocenters. The fraction of sp³-hybridized carbons (Fsp3) is 0.0909. The van der Waals surface area contributed by atoms with Crippen molar-refractivity contribution in [3.8, 4) is 0 Å². The fourth-order valence-corrected chi connectivity index (χ4v) is 3.18. The van der Waals surface area contributed by atoms with Crippen molar-refractivity contribution in [2.24, 2.45) is 5.16 Å². The molecule has 4 rings (SSSR count). The smallest absolute Gasteiger partial charge is 0.268 e. The Bertz CT molecular complexity index is 1060. The van der Waals surface area contributed by atoms with Gasteiger partial charge in [0.2, 0.25) is 6.10 Å². The van der Waals surface area contributed by atoms with Crippen LogP contribution in [0.2, 0.25) is 0 Å². The number of hydrogen-bond donors (Lipinski definition) is 1. The zero-order valence-electron chi connectivity index (χ0n) is 15.2. The molecule has 1 unspecified atom stereocenters. The van der Waals surface area contributed by atoms with Gasteiger partial charge in [0, 0.05) is 45.7 Å². The molecule has 7 heteroatoms. The summed E-state index contributed by atoms with van der Waals surface area (Å²) in [6.45, 7) is 0. The Kier molecular flexibility index (Phi) is 5.48. The van der Waals surface area contributed by atoms with Crippen LogP contribution in [0.4, 0.5) is 5.69 Å². The molecule has 0 fully saturated rings. The first kappa shape index (κ1) is 19.0. The van der Waals surface area contributed by atoms with Crippen LogP contribution in [-0.4, -0.2) is 28.5 Å². The lowest BCUT2D eigenvalue weighted by atomic mass is 10.0. The first-order valence-electron chi connectivity index (χ1n) is 8.94. The number of aromatic nitrogens is 1. The molecule has 0 radical (unpaired) electrons. The number of nitrogens with zero attached hydrogens (tertiary/aromatic N) is 2. The highest BCUT2D eigenvalue weighted by Gasteiger charge is 2.29. The van der Waals surface area contributed by atoms with Gasteiger partial charge >= 0.3 is 0 Å². The number of carbonyl (C=O) groups is 2. The van der Waals surface area contributed by atoms with Gasteiger partial charge in [-0.3, -0.25) is 14.6 Å². The van der Waals surface area contributed by atoms with Crippen molar-refractivity contribution >= 4 is 39.0 Å². The summed E-state index contributed by atoms with van der Waals surface area (Å²) in [6.07, 6.45) is 3.03. The quantitative estimate of drug-likeness (QED) is 0.591. The van der Waals surface area contributed by atoms with Crippen LogP contribution >= 0.6 is 15.9 Å². The number of rotatable bonds is 5. The first-order valence-corrected chi connectivity index (χ1v) is 9.74. The topological polar surface area (TPSA) is 80.7 Å². The Balaban J connectivity index is 1.37. The van der Waals surface area contributed by atoms with Gasteiger partial charge in [-0.1, -0.05) is 21.1 Å². The predicted octanol–water partition coefficient (Wildman–Crippen LogP) is 4.21. The maximum atomic E-state index is 12.5. The molecule has 1 aromatic heterocycles. The third-order valence-electron chi connectivity index (χ3n) is 4.48. The van der Waals surface area contributed by atoms with Crippen molar-refractivity contribution in [1.29, 1.82) is 0 Å². The minimum atomic E-state index is -0.700. The Hall–Kier alpha value is -3.32. The summed E-state index contributed by atoms with van der Waals surface area (Å²) in [5.74, 6) is -0.372. The van der Waals surface area contributed by atoms with Crippen molar-refractivity contribution in [1.82, 2.24) is 4.98 Å². The van der Waals surface area contributed by atoms with Crippen LogP contribution in [0, 0.1) is 0 Å². The van der Waals surface area contributed by atoms with Crippen molar-refractivity contribution in [2.45, 2.75) is 12.5 Å². The molecular weight excluding hydrogens is 434 g/mol. The van der Waals surface area contributed by atoms with Crippen LogP contribution in [0.15, 0.2) is 82.7 Å². The summed E-state index contributed by atoms with van der Waals surface area (Å²) >= 11 is 3.35. The Labute approximate surface area is 175 Å². The number of ketones is 1. The second-order valence-electron chi connectivity index (χ2n) is 6.48. The second-order valence-corrected chi connectivity index (χ2v) is 7.40. The monoisotopic (exact) mass is 449 g/mol. The number of anilines is 1. The lowest BCUT2D eigenvalue weighted by Gasteiger charge is -2.10. The number of amides is 1. The highest BCUT2D eigenvalue weighted by molar-refractivity contribution is 9.10. The second kappa shape index (κ2) is 8.36. The number of oxime groups is 1. The third-order valence-corrected chi connectivity index (χ3v) is 5.01. The van der Waals surface area contributed by atoms with E-state index in [1.54, 1.807) is 48.8 Å². The molecule has 6 nitrogen and oxygen atoms in total. The van der Waals surface area contributed by atoms with Gasteiger partial charge in [-0.25, -0.2) is 0 Å². The van der Waals surface area contributed by atoms with E-state index in [1.807, 2.05) is 24.3 Å². The van der Waals surface area contributed by atoms with E-state index >= 15 is 0 Å². The molecule has 0 spiro atoms. The van der Waals surface area contributed by atoms with E-state index in [0.29, 0.717) is 28.9 Å². The van der Waals surface area contributed by atoms with Crippen molar-refractivity contribution < 1.29 is 14.4 Å². The zero-order valence-corrected chi connectivity index (χ0v) is 16.8. The highest BCUT2D eigenvalue weighted by atomic mass is 79.9. The molecule has 29 heavy (non-hydrogen) atoms. The number of halogens is 1. The van der Waals surface area contributed by atoms with Gasteiger partial charge in [0.25, 0.3) is 5.91 Å². The van der Waals surface area contributed by atoms with E-state index in [4.69, 9.17) is 4.84 Å². The van der Waals surface area contributed by atoms with E-state index in [2.05, 4.69) is 31.4 Å². The van der Waals surface area contributed by atoms with E-state index in [0.717, 1.165) is 10.0 Å². The van der Waals surface area contributed by atoms with E-state index in [-0.39, 0.29) is 11.7 Å². The van der Waals surface area contributed by atoms with Gasteiger partial charge in [0.05, 0.1) is 5.71 Å². The Morgan fingerprint density at radius 2 is 1.69 bits per heavy atom. The van der Waals surface area contributed by atoms with Gasteiger partial charge in [-0.15, -0.1) is 0 Å². The Morgan fingerprint density at radius 3 is 2.34 bits per heavy atom. The summed E-state index contributed by atoms with van der Waals surface area (Å²) in [6, 6.07) is 17.6. The number of nitrogens with one attached hydrogen (secondary N) is 1. The molecule has 1 aliphatic rings. The first-order chi connectivity index (χ1) is 14.1. The van der Waals surface area contributed by atoms with Crippen LogP contribution in [0.5, 0.6) is 0 Å². The van der Waals surface area contributed by atoms with Gasteiger partial charge in [-0.2, -0.15) is 0 Å². The summed E-state index contributed by atoms with van der Waals surface area (Å²) < 4.78 is 0.914. The average Bonchev–Trinajstić information content (AvgIpc) is 3.26. The SMILES string of the molecule is O=C(c1ccc(Br)cc1)c1ccc(NC(=O)C2CC(c3cccnc3)=NO2)cc1. The maximum Gasteiger partial charge on any atom is 0.268 e. The molecule has 2 aromatic carbocycles. The molecule has 144 valence electrons. The number of hydrogen-bond acceptors (Lipinski definition) is 5. The molecule has 0 aliphatic carbocycles. The molecular formula is C22H16BrN3O3. The number of benzene rings is 2. The molecule has 0 saturated heterocycles. The number of pyridine rings is 1. The molecule has 1 aliphatic heterocycles. The normalized spacial score (nSPS) is 15.3. The van der Waals surface area contributed by atoms with Crippen molar-refractivity contribution in [2.75, 3.05) is 5.32 Å². The Morgan fingerprint density at radius 1 is 1.00 bits per heavy atom. The highest BCUT2D eigenvalue weighted by Crippen LogP contribution is 2.19. The van der Waals surface area contributed by atoms with Crippen molar-refractivity contribution in [3.05, 3.63) is 94.2 Å². The summed E-state index contributed by atoms with van der Waals surface area (Å²) in [4.78, 5) is 34.3. The lowest BCUT2D eigenvalue weighted by Crippen LogP contribution is -2.28. The lowest BCUT2D eigenvalue weighted by molar-refractivity contribution is -0.125. The van der Waals surface area contributed by atoms with Crippen LogP contribution in [0.25, 0.3) is 0 Å². The summed E-state index contributed by atoms with van der Waals surface area (Å²) in [5.41, 5.74) is 3.25. The molecule has 1 amide bonds. The molecule has 3 aromatic rings. The fourth-order valence-electron chi connectivity index (χ4n) is 2.92. The summed E-state index contributed by atoms with van der Waals surface area (Å²) in [5, 5.41) is 6.79. The molecule has 0 saturated carbocycles. The van der Waals surface area contributed by atoms with Gasteiger partial charge in [0.1, 0.15) is 0 Å². The van der Waals surface area contributed by atoms with Gasteiger partial charge < -0.3 is 10.2 Å². The van der Waals surface area contributed by atoms with Gasteiger partial charge in [0.15, 0.2) is 5.78 Å². The van der Waals surface area contributed by atoms with E-state index in [1.165, 1.54) is 0 Å². The minimum absolute atomic E-state index is 0.0796. The van der Waals surface area contributed by atoms with Crippen LogP contribution in [0.1, 0.15) is 27.9 Å². The molecule has 1 N–H and O–H groups in total.